The van der Waals surface area contributed by atoms with E-state index in [4.69, 9.17) is 16.3 Å². The lowest BCUT2D eigenvalue weighted by atomic mass is 10.1. The molecular formula is C12H12ClNOS. The SMILES string of the molecule is COC(c1ccccc1)c1ncc(CCl)s1. The van der Waals surface area contributed by atoms with Gasteiger partial charge in [-0.05, 0) is 5.56 Å². The molecule has 0 saturated heterocycles. The third kappa shape index (κ3) is 2.43. The van der Waals surface area contributed by atoms with Crippen LogP contribution in [-0.2, 0) is 10.6 Å². The summed E-state index contributed by atoms with van der Waals surface area (Å²) in [5, 5.41) is 0.948. The minimum Gasteiger partial charge on any atom is -0.370 e. The lowest BCUT2D eigenvalue weighted by molar-refractivity contribution is 0.136. The van der Waals surface area contributed by atoms with Crippen molar-refractivity contribution in [2.75, 3.05) is 7.11 Å². The summed E-state index contributed by atoms with van der Waals surface area (Å²) in [7, 11) is 1.69. The van der Waals surface area contributed by atoms with Crippen molar-refractivity contribution in [2.24, 2.45) is 0 Å². The Balaban J connectivity index is 2.29. The number of halogens is 1. The summed E-state index contributed by atoms with van der Waals surface area (Å²) in [5.74, 6) is 0.503. The summed E-state index contributed by atoms with van der Waals surface area (Å²) < 4.78 is 5.49. The fraction of sp³-hybridized carbons (Fsp3) is 0.250. The Labute approximate surface area is 104 Å². The third-order valence-corrected chi connectivity index (χ3v) is 3.75. The molecule has 1 unspecified atom stereocenters. The predicted molar refractivity (Wildman–Crippen MR) is 67.0 cm³/mol. The van der Waals surface area contributed by atoms with Gasteiger partial charge in [0.1, 0.15) is 11.1 Å². The van der Waals surface area contributed by atoms with Gasteiger partial charge < -0.3 is 4.74 Å². The van der Waals surface area contributed by atoms with Gasteiger partial charge in [-0.15, -0.1) is 22.9 Å². The van der Waals surface area contributed by atoms with E-state index in [0.717, 1.165) is 15.4 Å². The van der Waals surface area contributed by atoms with E-state index in [1.165, 1.54) is 0 Å². The van der Waals surface area contributed by atoms with Crippen LogP contribution in [-0.4, -0.2) is 12.1 Å². The van der Waals surface area contributed by atoms with Gasteiger partial charge in [0.25, 0.3) is 0 Å². The highest BCUT2D eigenvalue weighted by Gasteiger charge is 2.16. The number of alkyl halides is 1. The number of benzene rings is 1. The van der Waals surface area contributed by atoms with Crippen molar-refractivity contribution in [3.63, 3.8) is 0 Å². The van der Waals surface area contributed by atoms with Crippen LogP contribution < -0.4 is 0 Å². The fourth-order valence-corrected chi connectivity index (χ4v) is 2.62. The molecule has 2 rings (SSSR count). The number of thiazole rings is 1. The van der Waals surface area contributed by atoms with Crippen LogP contribution in [0.4, 0.5) is 0 Å². The summed E-state index contributed by atoms with van der Waals surface area (Å²) in [6.45, 7) is 0. The number of hydrogen-bond acceptors (Lipinski definition) is 3. The molecule has 1 heterocycles. The molecule has 0 bridgehead atoms. The highest BCUT2D eigenvalue weighted by molar-refractivity contribution is 7.11. The molecule has 0 amide bonds. The maximum atomic E-state index is 5.76. The van der Waals surface area contributed by atoms with Crippen molar-refractivity contribution in [3.05, 3.63) is 52.0 Å². The van der Waals surface area contributed by atoms with Gasteiger partial charge in [0, 0.05) is 18.2 Å². The Morgan fingerprint density at radius 1 is 1.38 bits per heavy atom. The molecule has 0 aliphatic carbocycles. The minimum absolute atomic E-state index is 0.0943. The first kappa shape index (κ1) is 11.6. The highest BCUT2D eigenvalue weighted by atomic mass is 35.5. The van der Waals surface area contributed by atoms with Crippen molar-refractivity contribution < 1.29 is 4.74 Å². The Kier molecular flexibility index (Phi) is 3.93. The zero-order valence-corrected chi connectivity index (χ0v) is 10.5. The van der Waals surface area contributed by atoms with E-state index in [1.54, 1.807) is 18.4 Å². The molecule has 0 aliphatic heterocycles. The van der Waals surface area contributed by atoms with Crippen molar-refractivity contribution in [2.45, 2.75) is 12.0 Å². The molecule has 1 atom stereocenters. The second-order valence-corrected chi connectivity index (χ2v) is 4.74. The number of rotatable bonds is 4. The van der Waals surface area contributed by atoms with Crippen molar-refractivity contribution in [1.29, 1.82) is 0 Å². The zero-order chi connectivity index (χ0) is 11.4. The predicted octanol–water partition coefficient (Wildman–Crippen LogP) is 3.62. The van der Waals surface area contributed by atoms with Crippen LogP contribution in [0.1, 0.15) is 21.6 Å². The Morgan fingerprint density at radius 3 is 2.69 bits per heavy atom. The molecule has 84 valence electrons. The number of hydrogen-bond donors (Lipinski definition) is 0. The summed E-state index contributed by atoms with van der Waals surface area (Å²) in [6, 6.07) is 10.1. The average molecular weight is 254 g/mol. The molecule has 0 aliphatic rings. The van der Waals surface area contributed by atoms with Gasteiger partial charge in [0.15, 0.2) is 0 Å². The summed E-state index contributed by atoms with van der Waals surface area (Å²) in [6.07, 6.45) is 1.71. The molecule has 2 nitrogen and oxygen atoms in total. The first-order valence-corrected chi connectivity index (χ1v) is 6.28. The van der Waals surface area contributed by atoms with Crippen molar-refractivity contribution in [3.8, 4) is 0 Å². The van der Waals surface area contributed by atoms with E-state index in [2.05, 4.69) is 4.98 Å². The van der Waals surface area contributed by atoms with Gasteiger partial charge in [0.2, 0.25) is 0 Å². The van der Waals surface area contributed by atoms with Crippen molar-refractivity contribution >= 4 is 22.9 Å². The van der Waals surface area contributed by atoms with E-state index >= 15 is 0 Å². The topological polar surface area (TPSA) is 22.1 Å². The van der Waals surface area contributed by atoms with Crippen molar-refractivity contribution in [1.82, 2.24) is 4.98 Å². The zero-order valence-electron chi connectivity index (χ0n) is 8.89. The molecule has 16 heavy (non-hydrogen) atoms. The normalized spacial score (nSPS) is 12.6. The van der Waals surface area contributed by atoms with Crippen LogP contribution in [0.15, 0.2) is 36.5 Å². The number of ether oxygens (including phenoxy) is 1. The summed E-state index contributed by atoms with van der Waals surface area (Å²) in [4.78, 5) is 5.41. The average Bonchev–Trinajstić information content (AvgIpc) is 2.80. The Morgan fingerprint density at radius 2 is 2.12 bits per heavy atom. The third-order valence-electron chi connectivity index (χ3n) is 2.27. The number of aromatic nitrogens is 1. The highest BCUT2D eigenvalue weighted by Crippen LogP contribution is 2.29. The molecule has 2 aromatic rings. The minimum atomic E-state index is -0.0943. The molecular weight excluding hydrogens is 242 g/mol. The maximum absolute atomic E-state index is 5.76. The molecule has 0 fully saturated rings. The first-order valence-electron chi connectivity index (χ1n) is 4.93. The van der Waals surface area contributed by atoms with Gasteiger partial charge in [-0.1, -0.05) is 30.3 Å². The van der Waals surface area contributed by atoms with E-state index in [9.17, 15) is 0 Å². The molecule has 1 aromatic carbocycles. The number of nitrogens with zero attached hydrogens (tertiary/aromatic N) is 1. The first-order chi connectivity index (χ1) is 7.85. The van der Waals surface area contributed by atoms with Crippen LogP contribution >= 0.6 is 22.9 Å². The van der Waals surface area contributed by atoms with E-state index in [0.29, 0.717) is 5.88 Å². The van der Waals surface area contributed by atoms with Crippen LogP contribution in [0.3, 0.4) is 0 Å². The monoisotopic (exact) mass is 253 g/mol. The number of methoxy groups -OCH3 is 1. The second-order valence-electron chi connectivity index (χ2n) is 3.32. The fourth-order valence-electron chi connectivity index (χ4n) is 1.51. The van der Waals surface area contributed by atoms with E-state index < -0.39 is 0 Å². The molecule has 0 spiro atoms. The smallest absolute Gasteiger partial charge is 0.134 e. The van der Waals surface area contributed by atoms with Gasteiger partial charge in [-0.2, -0.15) is 0 Å². The lowest BCUT2D eigenvalue weighted by Crippen LogP contribution is -2.02. The summed E-state index contributed by atoms with van der Waals surface area (Å²) in [5.41, 5.74) is 1.11. The van der Waals surface area contributed by atoms with Gasteiger partial charge in [-0.3, -0.25) is 0 Å². The van der Waals surface area contributed by atoms with Crippen LogP contribution in [0, 0.1) is 0 Å². The van der Waals surface area contributed by atoms with E-state index in [1.807, 2.05) is 36.5 Å². The standard InChI is InChI=1S/C12H12ClNOS/c1-15-11(9-5-3-2-4-6-9)12-14-8-10(7-13)16-12/h2-6,8,11H,7H2,1H3. The van der Waals surface area contributed by atoms with Gasteiger partial charge in [-0.25, -0.2) is 4.98 Å². The quantitative estimate of drug-likeness (QED) is 0.777. The maximum Gasteiger partial charge on any atom is 0.134 e. The molecule has 0 saturated carbocycles. The summed E-state index contributed by atoms with van der Waals surface area (Å²) >= 11 is 7.36. The molecule has 0 radical (unpaired) electrons. The van der Waals surface area contributed by atoms with Gasteiger partial charge in [0.05, 0.1) is 5.88 Å². The van der Waals surface area contributed by atoms with Gasteiger partial charge >= 0.3 is 0 Å². The second kappa shape index (κ2) is 5.43. The molecule has 1 aromatic heterocycles. The molecule has 4 heteroatoms. The van der Waals surface area contributed by atoms with Crippen LogP contribution in [0.2, 0.25) is 0 Å². The van der Waals surface area contributed by atoms with Crippen LogP contribution in [0.5, 0.6) is 0 Å². The molecule has 0 N–H and O–H groups in total. The van der Waals surface area contributed by atoms with E-state index in [-0.39, 0.29) is 6.10 Å². The largest absolute Gasteiger partial charge is 0.370 e. The van der Waals surface area contributed by atoms with Crippen LogP contribution in [0.25, 0.3) is 0 Å². The Bertz CT molecular complexity index is 443. The Hall–Kier alpha value is -0.900. The lowest BCUT2D eigenvalue weighted by Gasteiger charge is -2.12.